The highest BCUT2D eigenvalue weighted by atomic mass is 16.5. The average Bonchev–Trinajstić information content (AvgIpc) is 2.71. The van der Waals surface area contributed by atoms with E-state index in [0.717, 1.165) is 17.7 Å². The summed E-state index contributed by atoms with van der Waals surface area (Å²) in [6.07, 6.45) is 0.0849. The van der Waals surface area contributed by atoms with Crippen LogP contribution in [0, 0.1) is 6.92 Å². The molecule has 140 valence electrons. The van der Waals surface area contributed by atoms with Crippen LogP contribution in [0.1, 0.15) is 17.5 Å². The van der Waals surface area contributed by atoms with Crippen LogP contribution in [0.3, 0.4) is 0 Å². The van der Waals surface area contributed by atoms with E-state index in [9.17, 15) is 9.59 Å². The highest BCUT2D eigenvalue weighted by Crippen LogP contribution is 2.35. The minimum absolute atomic E-state index is 0.147. The molecule has 4 rings (SSSR count). The molecule has 27 heavy (non-hydrogen) atoms. The normalized spacial score (nSPS) is 20.6. The number of anilines is 1. The van der Waals surface area contributed by atoms with Crippen molar-refractivity contribution in [1.29, 1.82) is 0 Å². The fourth-order valence-corrected chi connectivity index (χ4v) is 3.61. The largest absolute Gasteiger partial charge is 0.480 e. The van der Waals surface area contributed by atoms with Crippen LogP contribution in [-0.4, -0.2) is 37.6 Å². The number of rotatable bonds is 2. The fraction of sp³-hybridized carbons (Fsp3) is 0.333. The van der Waals surface area contributed by atoms with Crippen LogP contribution in [-0.2, 0) is 16.0 Å². The van der Waals surface area contributed by atoms with Crippen LogP contribution in [0.25, 0.3) is 0 Å². The minimum Gasteiger partial charge on any atom is -0.480 e. The van der Waals surface area contributed by atoms with Crippen LogP contribution in [0.15, 0.2) is 42.5 Å². The Morgan fingerprint density at radius 1 is 1.07 bits per heavy atom. The van der Waals surface area contributed by atoms with E-state index in [1.165, 1.54) is 5.56 Å². The van der Waals surface area contributed by atoms with E-state index in [1.54, 1.807) is 18.0 Å². The molecule has 6 nitrogen and oxygen atoms in total. The number of benzene rings is 2. The van der Waals surface area contributed by atoms with Crippen molar-refractivity contribution in [2.45, 2.75) is 32.0 Å². The second-order valence-electron chi connectivity index (χ2n) is 6.89. The number of amides is 2. The quantitative estimate of drug-likeness (QED) is 0.885. The Labute approximate surface area is 158 Å². The molecule has 0 bridgehead atoms. The van der Waals surface area contributed by atoms with Gasteiger partial charge in [-0.15, -0.1) is 0 Å². The molecule has 0 saturated carbocycles. The lowest BCUT2D eigenvalue weighted by molar-refractivity contribution is -0.129. The van der Waals surface area contributed by atoms with Gasteiger partial charge in [-0.25, -0.2) is 0 Å². The molecule has 2 atom stereocenters. The van der Waals surface area contributed by atoms with E-state index in [-0.39, 0.29) is 18.4 Å². The summed E-state index contributed by atoms with van der Waals surface area (Å²) < 4.78 is 11.8. The number of carbonyl (C=O) groups excluding carboxylic acids is 2. The van der Waals surface area contributed by atoms with Crippen LogP contribution in [0.2, 0.25) is 0 Å². The second-order valence-corrected chi connectivity index (χ2v) is 6.89. The van der Waals surface area contributed by atoms with E-state index >= 15 is 0 Å². The molecular formula is C21H22N2O4. The summed E-state index contributed by atoms with van der Waals surface area (Å²) >= 11 is 0. The molecule has 0 aromatic heterocycles. The lowest BCUT2D eigenvalue weighted by Crippen LogP contribution is -2.53. The molecule has 6 heteroatoms. The van der Waals surface area contributed by atoms with Crippen molar-refractivity contribution in [1.82, 2.24) is 5.32 Å². The predicted octanol–water partition coefficient (Wildman–Crippen LogP) is 2.23. The summed E-state index contributed by atoms with van der Waals surface area (Å²) in [6.45, 7) is 2.21. The van der Waals surface area contributed by atoms with Crippen LogP contribution < -0.4 is 19.7 Å². The summed E-state index contributed by atoms with van der Waals surface area (Å²) in [5.41, 5.74) is 2.98. The molecule has 1 N–H and O–H groups in total. The van der Waals surface area contributed by atoms with E-state index in [1.807, 2.05) is 37.3 Å². The molecule has 2 aromatic rings. The highest BCUT2D eigenvalue weighted by Gasteiger charge is 2.38. The van der Waals surface area contributed by atoms with Crippen LogP contribution in [0.4, 0.5) is 5.69 Å². The van der Waals surface area contributed by atoms with Gasteiger partial charge < -0.3 is 19.7 Å². The first-order valence-corrected chi connectivity index (χ1v) is 9.11. The maximum absolute atomic E-state index is 13.3. The maximum Gasteiger partial charge on any atom is 0.268 e. The SMILES string of the molecule is CNC(=O)C1CN(C(=O)C2CCc3cc(C)ccc3O2)c2ccccc2O1. The van der Waals surface area contributed by atoms with Gasteiger partial charge in [0, 0.05) is 7.05 Å². The standard InChI is InChI=1S/C21H22N2O4/c1-13-7-9-16-14(11-13)8-10-18(26-16)21(25)23-12-19(20(24)22-2)27-17-6-4-3-5-15(17)23/h3-7,9,11,18-19H,8,10,12H2,1-2H3,(H,22,24). The number of para-hydroxylation sites is 2. The summed E-state index contributed by atoms with van der Waals surface area (Å²) in [7, 11) is 1.56. The Balaban J connectivity index is 1.61. The number of aryl methyl sites for hydroxylation is 2. The summed E-state index contributed by atoms with van der Waals surface area (Å²) in [6, 6.07) is 13.3. The Morgan fingerprint density at radius 3 is 2.67 bits per heavy atom. The third-order valence-corrected chi connectivity index (χ3v) is 5.02. The van der Waals surface area contributed by atoms with Crippen molar-refractivity contribution in [3.05, 3.63) is 53.6 Å². The highest BCUT2D eigenvalue weighted by molar-refractivity contribution is 6.00. The van der Waals surface area contributed by atoms with Crippen LogP contribution in [0.5, 0.6) is 11.5 Å². The topological polar surface area (TPSA) is 67.9 Å². The third-order valence-electron chi connectivity index (χ3n) is 5.02. The number of carbonyl (C=O) groups is 2. The van der Waals surface area contributed by atoms with E-state index in [4.69, 9.17) is 9.47 Å². The minimum atomic E-state index is -0.743. The Hall–Kier alpha value is -3.02. The molecule has 2 aliphatic rings. The Bertz CT molecular complexity index is 896. The molecule has 0 saturated heterocycles. The number of hydrogen-bond acceptors (Lipinski definition) is 4. The van der Waals surface area contributed by atoms with E-state index in [2.05, 4.69) is 11.4 Å². The molecule has 0 fully saturated rings. The van der Waals surface area contributed by atoms with Gasteiger partial charge in [-0.3, -0.25) is 9.59 Å². The first-order chi connectivity index (χ1) is 13.1. The van der Waals surface area contributed by atoms with Crippen molar-refractivity contribution < 1.29 is 19.1 Å². The number of likely N-dealkylation sites (N-methyl/N-ethyl adjacent to an activating group) is 1. The molecule has 2 aromatic carbocycles. The first kappa shape index (κ1) is 17.4. The molecular weight excluding hydrogens is 344 g/mol. The number of nitrogens with zero attached hydrogens (tertiary/aromatic N) is 1. The van der Waals surface area contributed by atoms with Crippen molar-refractivity contribution in [3.8, 4) is 11.5 Å². The first-order valence-electron chi connectivity index (χ1n) is 9.11. The van der Waals surface area contributed by atoms with Crippen LogP contribution >= 0.6 is 0 Å². The Morgan fingerprint density at radius 2 is 1.85 bits per heavy atom. The van der Waals surface area contributed by atoms with Crippen molar-refractivity contribution in [3.63, 3.8) is 0 Å². The molecule has 2 amide bonds. The summed E-state index contributed by atoms with van der Waals surface area (Å²) in [5, 5.41) is 2.59. The third kappa shape index (κ3) is 3.23. The molecule has 2 unspecified atom stereocenters. The van der Waals surface area contributed by atoms with Gasteiger partial charge in [0.15, 0.2) is 12.2 Å². The number of fused-ring (bicyclic) bond motifs is 2. The van der Waals surface area contributed by atoms with Gasteiger partial charge in [0.05, 0.1) is 12.2 Å². The van der Waals surface area contributed by atoms with E-state index in [0.29, 0.717) is 17.9 Å². The average molecular weight is 366 g/mol. The molecule has 0 aliphatic carbocycles. The van der Waals surface area contributed by atoms with Gasteiger partial charge in [0.25, 0.3) is 11.8 Å². The second kappa shape index (κ2) is 6.95. The Kier molecular flexibility index (Phi) is 4.48. The van der Waals surface area contributed by atoms with Gasteiger partial charge in [0.1, 0.15) is 11.5 Å². The monoisotopic (exact) mass is 366 g/mol. The number of hydrogen-bond donors (Lipinski definition) is 1. The van der Waals surface area contributed by atoms with Crippen molar-refractivity contribution in [2.24, 2.45) is 0 Å². The number of ether oxygens (including phenoxy) is 2. The molecule has 2 aliphatic heterocycles. The van der Waals surface area contributed by atoms with Gasteiger partial charge in [0.2, 0.25) is 0 Å². The zero-order valence-electron chi connectivity index (χ0n) is 15.4. The van der Waals surface area contributed by atoms with E-state index < -0.39 is 12.2 Å². The summed E-state index contributed by atoms with van der Waals surface area (Å²) in [5.74, 6) is 0.880. The lowest BCUT2D eigenvalue weighted by Gasteiger charge is -2.36. The number of nitrogens with one attached hydrogen (secondary N) is 1. The van der Waals surface area contributed by atoms with Crippen molar-refractivity contribution in [2.75, 3.05) is 18.5 Å². The molecule has 0 spiro atoms. The van der Waals surface area contributed by atoms with Gasteiger partial charge in [-0.05, 0) is 43.5 Å². The van der Waals surface area contributed by atoms with Gasteiger partial charge in [-0.2, -0.15) is 0 Å². The zero-order valence-corrected chi connectivity index (χ0v) is 15.4. The molecule has 2 heterocycles. The van der Waals surface area contributed by atoms with Gasteiger partial charge >= 0.3 is 0 Å². The molecule has 0 radical (unpaired) electrons. The fourth-order valence-electron chi connectivity index (χ4n) is 3.61. The lowest BCUT2D eigenvalue weighted by atomic mass is 9.99. The maximum atomic E-state index is 13.3. The smallest absolute Gasteiger partial charge is 0.268 e. The van der Waals surface area contributed by atoms with Gasteiger partial charge in [-0.1, -0.05) is 29.8 Å². The summed E-state index contributed by atoms with van der Waals surface area (Å²) in [4.78, 5) is 27.0. The van der Waals surface area contributed by atoms with Crippen molar-refractivity contribution >= 4 is 17.5 Å². The predicted molar refractivity (Wildman–Crippen MR) is 101 cm³/mol. The zero-order chi connectivity index (χ0) is 19.0.